The predicted molar refractivity (Wildman–Crippen MR) is 116 cm³/mol. The molecule has 8 nitrogen and oxygen atoms in total. The Hall–Kier alpha value is -3.00. The maximum absolute atomic E-state index is 13.2. The molecule has 0 bridgehead atoms. The highest BCUT2D eigenvalue weighted by atomic mass is 16.5. The highest BCUT2D eigenvalue weighted by Crippen LogP contribution is 2.41. The molecule has 1 amide bonds. The Morgan fingerprint density at radius 1 is 1.19 bits per heavy atom. The van der Waals surface area contributed by atoms with E-state index in [4.69, 9.17) is 4.52 Å². The first-order valence-electron chi connectivity index (χ1n) is 11.2. The van der Waals surface area contributed by atoms with Crippen LogP contribution >= 0.6 is 0 Å². The molecule has 1 fully saturated rings. The van der Waals surface area contributed by atoms with Gasteiger partial charge in [-0.2, -0.15) is 4.98 Å². The summed E-state index contributed by atoms with van der Waals surface area (Å²) in [6.45, 7) is 7.75. The van der Waals surface area contributed by atoms with Gasteiger partial charge in [-0.1, -0.05) is 31.1 Å². The van der Waals surface area contributed by atoms with E-state index in [-0.39, 0.29) is 11.9 Å². The molecule has 2 aliphatic rings. The van der Waals surface area contributed by atoms with Gasteiger partial charge in [-0.05, 0) is 50.9 Å². The van der Waals surface area contributed by atoms with Crippen LogP contribution in [0.5, 0.6) is 0 Å². The molecule has 3 aromatic rings. The summed E-state index contributed by atoms with van der Waals surface area (Å²) in [6, 6.07) is 7.70. The van der Waals surface area contributed by atoms with Crippen LogP contribution in [0.1, 0.15) is 67.5 Å². The SMILES string of the molecule is CCCN(CCC)Cc1nc(-c2ncn3c2[C@@H]2CCCN2C(=O)c2ccccc2-3)no1. The van der Waals surface area contributed by atoms with Crippen molar-refractivity contribution >= 4 is 5.91 Å². The summed E-state index contributed by atoms with van der Waals surface area (Å²) >= 11 is 0. The van der Waals surface area contributed by atoms with Crippen molar-refractivity contribution in [3.8, 4) is 17.2 Å². The number of aromatic nitrogens is 4. The van der Waals surface area contributed by atoms with E-state index in [0.29, 0.717) is 29.5 Å². The number of para-hydroxylation sites is 1. The number of imidazole rings is 1. The predicted octanol–water partition coefficient (Wildman–Crippen LogP) is 3.84. The van der Waals surface area contributed by atoms with Crippen LogP contribution < -0.4 is 0 Å². The average Bonchev–Trinajstić information content (AvgIpc) is 3.51. The maximum Gasteiger partial charge on any atom is 0.256 e. The van der Waals surface area contributed by atoms with Crippen molar-refractivity contribution in [1.29, 1.82) is 0 Å². The first-order valence-corrected chi connectivity index (χ1v) is 11.2. The fourth-order valence-corrected chi connectivity index (χ4v) is 4.86. The lowest BCUT2D eigenvalue weighted by atomic mass is 10.1. The molecule has 4 heterocycles. The second kappa shape index (κ2) is 8.26. The van der Waals surface area contributed by atoms with Gasteiger partial charge in [0.1, 0.15) is 12.0 Å². The fourth-order valence-electron chi connectivity index (χ4n) is 4.86. The Labute approximate surface area is 181 Å². The zero-order valence-corrected chi connectivity index (χ0v) is 18.1. The topological polar surface area (TPSA) is 80.3 Å². The van der Waals surface area contributed by atoms with Crippen LogP contribution in [0, 0.1) is 0 Å². The lowest BCUT2D eigenvalue weighted by molar-refractivity contribution is 0.0739. The van der Waals surface area contributed by atoms with Gasteiger partial charge in [0.05, 0.1) is 29.5 Å². The minimum absolute atomic E-state index is 0.0315. The molecule has 1 saturated heterocycles. The number of hydrogen-bond donors (Lipinski definition) is 0. The molecule has 0 N–H and O–H groups in total. The van der Waals surface area contributed by atoms with Crippen LogP contribution in [0.15, 0.2) is 35.1 Å². The molecule has 0 spiro atoms. The minimum Gasteiger partial charge on any atom is -0.337 e. The molecule has 162 valence electrons. The first kappa shape index (κ1) is 19.9. The van der Waals surface area contributed by atoms with E-state index in [0.717, 1.165) is 56.7 Å². The van der Waals surface area contributed by atoms with Gasteiger partial charge >= 0.3 is 0 Å². The Balaban J connectivity index is 1.54. The zero-order valence-electron chi connectivity index (χ0n) is 18.1. The lowest BCUT2D eigenvalue weighted by Crippen LogP contribution is -2.29. The molecule has 8 heteroatoms. The van der Waals surface area contributed by atoms with Crippen molar-refractivity contribution in [1.82, 2.24) is 29.5 Å². The number of fused-ring (bicyclic) bond motifs is 5. The third kappa shape index (κ3) is 3.44. The van der Waals surface area contributed by atoms with Gasteiger partial charge in [0.25, 0.3) is 5.91 Å². The summed E-state index contributed by atoms with van der Waals surface area (Å²) in [5.74, 6) is 1.18. The van der Waals surface area contributed by atoms with Crippen molar-refractivity contribution < 1.29 is 9.32 Å². The summed E-state index contributed by atoms with van der Waals surface area (Å²) in [5.41, 5.74) is 3.24. The quantitative estimate of drug-likeness (QED) is 0.578. The normalized spacial score (nSPS) is 17.6. The van der Waals surface area contributed by atoms with Crippen molar-refractivity contribution in [3.63, 3.8) is 0 Å². The van der Waals surface area contributed by atoms with Crippen molar-refractivity contribution in [2.24, 2.45) is 0 Å². The van der Waals surface area contributed by atoms with Crippen LogP contribution in [0.2, 0.25) is 0 Å². The third-order valence-electron chi connectivity index (χ3n) is 6.15. The van der Waals surface area contributed by atoms with Gasteiger partial charge in [0, 0.05) is 6.54 Å². The number of nitrogens with zero attached hydrogens (tertiary/aromatic N) is 6. The summed E-state index contributed by atoms with van der Waals surface area (Å²) in [6.07, 6.45) is 5.84. The van der Waals surface area contributed by atoms with Gasteiger partial charge in [0.2, 0.25) is 11.7 Å². The van der Waals surface area contributed by atoms with Gasteiger partial charge in [0.15, 0.2) is 0 Å². The minimum atomic E-state index is -0.0315. The van der Waals surface area contributed by atoms with Crippen LogP contribution in [0.3, 0.4) is 0 Å². The van der Waals surface area contributed by atoms with Crippen molar-refractivity contribution in [2.75, 3.05) is 19.6 Å². The smallest absolute Gasteiger partial charge is 0.256 e. The molecule has 31 heavy (non-hydrogen) atoms. The molecule has 1 aromatic carbocycles. The molecule has 1 atom stereocenters. The van der Waals surface area contributed by atoms with E-state index >= 15 is 0 Å². The molecule has 2 aliphatic heterocycles. The van der Waals surface area contributed by atoms with E-state index in [1.54, 1.807) is 6.33 Å². The van der Waals surface area contributed by atoms with Gasteiger partial charge < -0.3 is 9.42 Å². The zero-order chi connectivity index (χ0) is 21.4. The Morgan fingerprint density at radius 3 is 2.81 bits per heavy atom. The molecule has 0 aliphatic carbocycles. The number of amides is 1. The largest absolute Gasteiger partial charge is 0.337 e. The van der Waals surface area contributed by atoms with Gasteiger partial charge in [-0.25, -0.2) is 4.98 Å². The fraction of sp³-hybridized carbons (Fsp3) is 0.478. The number of carbonyl (C=O) groups excluding carboxylic acids is 1. The molecule has 2 aromatic heterocycles. The molecule has 0 saturated carbocycles. The Morgan fingerprint density at radius 2 is 2.00 bits per heavy atom. The second-order valence-electron chi connectivity index (χ2n) is 8.31. The molecular formula is C23H28N6O2. The maximum atomic E-state index is 13.2. The second-order valence-corrected chi connectivity index (χ2v) is 8.31. The number of benzene rings is 1. The molecule has 0 radical (unpaired) electrons. The lowest BCUT2D eigenvalue weighted by Gasteiger charge is -2.22. The number of carbonyl (C=O) groups is 1. The van der Waals surface area contributed by atoms with Gasteiger partial charge in [-0.15, -0.1) is 0 Å². The van der Waals surface area contributed by atoms with E-state index < -0.39 is 0 Å². The first-order chi connectivity index (χ1) is 15.2. The van der Waals surface area contributed by atoms with E-state index in [9.17, 15) is 4.79 Å². The van der Waals surface area contributed by atoms with E-state index in [2.05, 4.69) is 33.9 Å². The summed E-state index contributed by atoms with van der Waals surface area (Å²) in [7, 11) is 0. The van der Waals surface area contributed by atoms with Crippen molar-refractivity contribution in [2.45, 2.75) is 52.1 Å². The highest BCUT2D eigenvalue weighted by Gasteiger charge is 2.39. The standard InChI is InChI=1S/C23H28N6O2/c1-3-11-27(12-4-2)14-19-25-22(26-31-19)20-21-18-10-7-13-28(18)23(30)16-8-5-6-9-17(16)29(21)15-24-20/h5-6,8-9,15,18H,3-4,7,10-14H2,1-2H3/t18-/m0/s1. The van der Waals surface area contributed by atoms with Gasteiger partial charge in [-0.3, -0.25) is 14.3 Å². The van der Waals surface area contributed by atoms with E-state index in [1.807, 2.05) is 33.7 Å². The summed E-state index contributed by atoms with van der Waals surface area (Å²) in [5, 5.41) is 4.27. The van der Waals surface area contributed by atoms with E-state index in [1.165, 1.54) is 0 Å². The Bertz CT molecular complexity index is 1080. The average molecular weight is 421 g/mol. The van der Waals surface area contributed by atoms with Crippen LogP contribution in [0.25, 0.3) is 17.2 Å². The third-order valence-corrected chi connectivity index (χ3v) is 6.15. The van der Waals surface area contributed by atoms with Crippen LogP contribution in [-0.4, -0.2) is 55.0 Å². The Kier molecular flexibility index (Phi) is 5.31. The molecular weight excluding hydrogens is 392 g/mol. The van der Waals surface area contributed by atoms with Crippen molar-refractivity contribution in [3.05, 3.63) is 47.7 Å². The summed E-state index contributed by atoms with van der Waals surface area (Å²) < 4.78 is 7.64. The van der Waals surface area contributed by atoms with Crippen LogP contribution in [-0.2, 0) is 6.54 Å². The number of rotatable bonds is 7. The molecule has 0 unspecified atom stereocenters. The highest BCUT2D eigenvalue weighted by molar-refractivity contribution is 5.99. The van der Waals surface area contributed by atoms with Crippen LogP contribution in [0.4, 0.5) is 0 Å². The number of hydrogen-bond acceptors (Lipinski definition) is 6. The summed E-state index contributed by atoms with van der Waals surface area (Å²) in [4.78, 5) is 26.9. The molecule has 5 rings (SSSR count). The monoisotopic (exact) mass is 420 g/mol.